The lowest BCUT2D eigenvalue weighted by molar-refractivity contribution is 0.0697. The Balaban J connectivity index is 0.00000169. The normalized spacial score (nSPS) is 9.21. The third-order valence-corrected chi connectivity index (χ3v) is 1.84. The maximum absolute atomic E-state index is 10.6. The number of hydrogen-bond acceptors (Lipinski definition) is 2. The van der Waals surface area contributed by atoms with Gasteiger partial charge in [0, 0.05) is 0 Å². The third-order valence-electron chi connectivity index (χ3n) is 1.84. The molecule has 0 saturated carbocycles. The van der Waals surface area contributed by atoms with Crippen LogP contribution in [0.5, 0.6) is 0 Å². The highest BCUT2D eigenvalue weighted by atomic mass is 35.5. The topological polar surface area (TPSA) is 49.3 Å². The van der Waals surface area contributed by atoms with Gasteiger partial charge in [0.05, 0.1) is 5.56 Å². The molecule has 0 aliphatic carbocycles. The number of hydrogen-bond donors (Lipinski definition) is 2. The molecule has 0 aliphatic rings. The van der Waals surface area contributed by atoms with Crippen LogP contribution in [-0.4, -0.2) is 24.7 Å². The summed E-state index contributed by atoms with van der Waals surface area (Å²) in [7, 11) is 1.88. The standard InChI is InChI=1S/C10H13NO2.ClH/c1-11-6-5-8-3-2-4-9(7-8)10(12)13;/h2-4,7,11H,5-6H2,1H3,(H,12,13);1H. The number of likely N-dealkylation sites (N-methyl/N-ethyl adjacent to an activating group) is 1. The Hall–Kier alpha value is -1.06. The zero-order valence-corrected chi connectivity index (χ0v) is 8.80. The summed E-state index contributed by atoms with van der Waals surface area (Å²) >= 11 is 0. The molecule has 0 heterocycles. The Morgan fingerprint density at radius 1 is 1.50 bits per heavy atom. The molecule has 0 atom stereocenters. The summed E-state index contributed by atoms with van der Waals surface area (Å²) in [6.07, 6.45) is 0.859. The monoisotopic (exact) mass is 215 g/mol. The first kappa shape index (κ1) is 12.9. The molecule has 0 saturated heterocycles. The first-order valence-corrected chi connectivity index (χ1v) is 4.21. The SMILES string of the molecule is CNCCc1cccc(C(=O)O)c1.Cl. The molecule has 0 bridgehead atoms. The zero-order valence-electron chi connectivity index (χ0n) is 7.99. The Kier molecular flexibility index (Phi) is 5.92. The van der Waals surface area contributed by atoms with Gasteiger partial charge >= 0.3 is 5.97 Å². The van der Waals surface area contributed by atoms with Crippen molar-refractivity contribution in [3.8, 4) is 0 Å². The lowest BCUT2D eigenvalue weighted by Crippen LogP contribution is -2.10. The number of carboxylic acids is 1. The summed E-state index contributed by atoms with van der Waals surface area (Å²) in [6.45, 7) is 0.864. The van der Waals surface area contributed by atoms with Gasteiger partial charge < -0.3 is 10.4 Å². The lowest BCUT2D eigenvalue weighted by atomic mass is 10.1. The fraction of sp³-hybridized carbons (Fsp3) is 0.300. The second-order valence-electron chi connectivity index (χ2n) is 2.86. The molecule has 3 nitrogen and oxygen atoms in total. The Morgan fingerprint density at radius 3 is 2.79 bits per heavy atom. The fourth-order valence-electron chi connectivity index (χ4n) is 1.13. The van der Waals surface area contributed by atoms with E-state index in [0.29, 0.717) is 5.56 Å². The van der Waals surface area contributed by atoms with Gasteiger partial charge in [-0.15, -0.1) is 12.4 Å². The van der Waals surface area contributed by atoms with E-state index in [4.69, 9.17) is 5.11 Å². The molecule has 0 aliphatic heterocycles. The number of rotatable bonds is 4. The summed E-state index contributed by atoms with van der Waals surface area (Å²) < 4.78 is 0. The van der Waals surface area contributed by atoms with E-state index in [1.807, 2.05) is 13.1 Å². The van der Waals surface area contributed by atoms with Gasteiger partial charge in [0.2, 0.25) is 0 Å². The maximum Gasteiger partial charge on any atom is 0.335 e. The molecule has 4 heteroatoms. The van der Waals surface area contributed by atoms with Crippen LogP contribution in [0.1, 0.15) is 15.9 Å². The van der Waals surface area contributed by atoms with E-state index >= 15 is 0 Å². The summed E-state index contributed by atoms with van der Waals surface area (Å²) in [5.41, 5.74) is 1.41. The number of aromatic carboxylic acids is 1. The van der Waals surface area contributed by atoms with E-state index in [2.05, 4.69) is 5.32 Å². The van der Waals surface area contributed by atoms with E-state index in [-0.39, 0.29) is 12.4 Å². The molecular formula is C10H14ClNO2. The van der Waals surface area contributed by atoms with Crippen molar-refractivity contribution in [2.24, 2.45) is 0 Å². The lowest BCUT2D eigenvalue weighted by Gasteiger charge is -2.01. The quantitative estimate of drug-likeness (QED) is 0.802. The minimum Gasteiger partial charge on any atom is -0.478 e. The number of halogens is 1. The fourth-order valence-corrected chi connectivity index (χ4v) is 1.13. The zero-order chi connectivity index (χ0) is 9.68. The molecule has 0 radical (unpaired) electrons. The predicted molar refractivity (Wildman–Crippen MR) is 58.3 cm³/mol. The van der Waals surface area contributed by atoms with Gasteiger partial charge in [-0.3, -0.25) is 0 Å². The molecule has 1 aromatic carbocycles. The van der Waals surface area contributed by atoms with Crippen LogP contribution in [0, 0.1) is 0 Å². The van der Waals surface area contributed by atoms with Crippen LogP contribution in [0.3, 0.4) is 0 Å². The molecular weight excluding hydrogens is 202 g/mol. The number of carbonyl (C=O) groups is 1. The minimum absolute atomic E-state index is 0. The smallest absolute Gasteiger partial charge is 0.335 e. The van der Waals surface area contributed by atoms with E-state index in [9.17, 15) is 4.79 Å². The first-order valence-electron chi connectivity index (χ1n) is 4.21. The molecule has 2 N–H and O–H groups in total. The molecule has 14 heavy (non-hydrogen) atoms. The second kappa shape index (κ2) is 6.40. The highest BCUT2D eigenvalue weighted by Gasteiger charge is 2.01. The van der Waals surface area contributed by atoms with Crippen molar-refractivity contribution in [1.82, 2.24) is 5.32 Å². The Labute approximate surface area is 89.5 Å². The maximum atomic E-state index is 10.6. The van der Waals surface area contributed by atoms with E-state index in [0.717, 1.165) is 18.5 Å². The van der Waals surface area contributed by atoms with Gasteiger partial charge in [-0.25, -0.2) is 4.79 Å². The molecule has 78 valence electrons. The van der Waals surface area contributed by atoms with Gasteiger partial charge in [-0.2, -0.15) is 0 Å². The van der Waals surface area contributed by atoms with Crippen LogP contribution in [-0.2, 0) is 6.42 Å². The van der Waals surface area contributed by atoms with Gasteiger partial charge in [0.25, 0.3) is 0 Å². The summed E-state index contributed by atoms with van der Waals surface area (Å²) in [6, 6.07) is 7.02. The van der Waals surface area contributed by atoms with Gasteiger partial charge in [-0.1, -0.05) is 12.1 Å². The summed E-state index contributed by atoms with van der Waals surface area (Å²) in [5.74, 6) is -0.869. The molecule has 0 aromatic heterocycles. The van der Waals surface area contributed by atoms with Crippen molar-refractivity contribution in [2.45, 2.75) is 6.42 Å². The minimum atomic E-state index is -0.869. The molecule has 0 fully saturated rings. The first-order chi connectivity index (χ1) is 6.24. The van der Waals surface area contributed by atoms with Gasteiger partial charge in [0.1, 0.15) is 0 Å². The second-order valence-corrected chi connectivity index (χ2v) is 2.86. The number of carboxylic acid groups (broad SMARTS) is 1. The van der Waals surface area contributed by atoms with E-state index < -0.39 is 5.97 Å². The largest absolute Gasteiger partial charge is 0.478 e. The Bertz CT molecular complexity index is 302. The van der Waals surface area contributed by atoms with Gasteiger partial charge in [0.15, 0.2) is 0 Å². The predicted octanol–water partition coefficient (Wildman–Crippen LogP) is 1.57. The van der Waals surface area contributed by atoms with Crippen molar-refractivity contribution in [3.05, 3.63) is 35.4 Å². The average Bonchev–Trinajstić information content (AvgIpc) is 2.15. The molecule has 0 amide bonds. The average molecular weight is 216 g/mol. The molecule has 1 rings (SSSR count). The van der Waals surface area contributed by atoms with Crippen LogP contribution < -0.4 is 5.32 Å². The van der Waals surface area contributed by atoms with Crippen molar-refractivity contribution in [2.75, 3.05) is 13.6 Å². The molecule has 1 aromatic rings. The van der Waals surface area contributed by atoms with Gasteiger partial charge in [-0.05, 0) is 37.7 Å². The summed E-state index contributed by atoms with van der Waals surface area (Å²) in [4.78, 5) is 10.6. The third kappa shape index (κ3) is 3.77. The van der Waals surface area contributed by atoms with Crippen LogP contribution in [0.2, 0.25) is 0 Å². The van der Waals surface area contributed by atoms with E-state index in [1.54, 1.807) is 18.2 Å². The van der Waals surface area contributed by atoms with Crippen LogP contribution in [0.25, 0.3) is 0 Å². The highest BCUT2D eigenvalue weighted by Crippen LogP contribution is 2.05. The number of benzene rings is 1. The van der Waals surface area contributed by atoms with Crippen molar-refractivity contribution in [3.63, 3.8) is 0 Å². The van der Waals surface area contributed by atoms with Crippen molar-refractivity contribution >= 4 is 18.4 Å². The highest BCUT2D eigenvalue weighted by molar-refractivity contribution is 5.87. The van der Waals surface area contributed by atoms with E-state index in [1.165, 1.54) is 0 Å². The molecule has 0 unspecified atom stereocenters. The van der Waals surface area contributed by atoms with Crippen LogP contribution in [0.15, 0.2) is 24.3 Å². The molecule has 0 spiro atoms. The van der Waals surface area contributed by atoms with Crippen LogP contribution in [0.4, 0.5) is 0 Å². The van der Waals surface area contributed by atoms with Crippen LogP contribution >= 0.6 is 12.4 Å². The van der Waals surface area contributed by atoms with Crippen molar-refractivity contribution < 1.29 is 9.90 Å². The van der Waals surface area contributed by atoms with Crippen molar-refractivity contribution in [1.29, 1.82) is 0 Å². The number of nitrogens with one attached hydrogen (secondary N) is 1. The Morgan fingerprint density at radius 2 is 2.21 bits per heavy atom. The summed E-state index contributed by atoms with van der Waals surface area (Å²) in [5, 5.41) is 11.7.